The number of carbonyl (C=O) groups excluding carboxylic acids is 6. The van der Waals surface area contributed by atoms with E-state index in [4.69, 9.17) is 25.9 Å². The lowest BCUT2D eigenvalue weighted by atomic mass is 9.85. The molecule has 5 aromatic rings. The van der Waals surface area contributed by atoms with Gasteiger partial charge in [-0.3, -0.25) is 24.0 Å². The lowest BCUT2D eigenvalue weighted by molar-refractivity contribution is -0.191. The third-order valence-corrected chi connectivity index (χ3v) is 11.9. The van der Waals surface area contributed by atoms with Gasteiger partial charge in [0.1, 0.15) is 18.7 Å². The van der Waals surface area contributed by atoms with Crippen LogP contribution in [-0.4, -0.2) is 80.8 Å². The van der Waals surface area contributed by atoms with Gasteiger partial charge in [-0.1, -0.05) is 75.4 Å². The fourth-order valence-electron chi connectivity index (χ4n) is 8.34. The van der Waals surface area contributed by atoms with Crippen molar-refractivity contribution in [3.63, 3.8) is 0 Å². The number of aliphatic carboxylic acids is 1. The van der Waals surface area contributed by atoms with E-state index in [-0.39, 0.29) is 42.2 Å². The number of esters is 2. The third-order valence-electron chi connectivity index (χ3n) is 11.9. The van der Waals surface area contributed by atoms with Crippen LogP contribution < -0.4 is 38.3 Å². The number of hydrogen-bond donors (Lipinski definition) is 7. The molecule has 358 valence electrons. The van der Waals surface area contributed by atoms with E-state index in [0.717, 1.165) is 10.9 Å². The van der Waals surface area contributed by atoms with Crippen LogP contribution in [0, 0.1) is 5.92 Å². The summed E-state index contributed by atoms with van der Waals surface area (Å²) < 4.78 is 13.1. The van der Waals surface area contributed by atoms with E-state index in [9.17, 15) is 43.5 Å². The number of rotatable bonds is 18. The first-order valence-corrected chi connectivity index (χ1v) is 22.2. The van der Waals surface area contributed by atoms with Crippen LogP contribution in [0.2, 0.25) is 0 Å². The highest BCUT2D eigenvalue weighted by Gasteiger charge is 2.51. The Kier molecular flexibility index (Phi) is 14.5. The van der Waals surface area contributed by atoms with Gasteiger partial charge in [0.05, 0.1) is 53.7 Å². The topological polar surface area (TPSA) is 306 Å². The van der Waals surface area contributed by atoms with Crippen LogP contribution in [0.15, 0.2) is 101 Å². The number of ether oxygens (including phenoxy) is 2. The maximum absolute atomic E-state index is 14.1. The zero-order chi connectivity index (χ0) is 49.6. The first kappa shape index (κ1) is 48.5. The number of pyridine rings is 2. The minimum Gasteiger partial charge on any atom is -0.480 e. The number of guanidine groups is 1. The number of carbonyl (C=O) groups is 7. The van der Waals surface area contributed by atoms with Gasteiger partial charge in [-0.2, -0.15) is 0 Å². The van der Waals surface area contributed by atoms with E-state index in [1.807, 2.05) is 30.3 Å². The van der Waals surface area contributed by atoms with Crippen molar-refractivity contribution in [2.45, 2.75) is 83.3 Å². The average Bonchev–Trinajstić information content (AvgIpc) is 3.68. The van der Waals surface area contributed by atoms with Gasteiger partial charge in [-0.05, 0) is 60.7 Å². The molecule has 7 rings (SSSR count). The summed E-state index contributed by atoms with van der Waals surface area (Å²) in [6.07, 6.45) is -1.40. The van der Waals surface area contributed by atoms with E-state index in [1.54, 1.807) is 73.9 Å². The molecule has 0 saturated carbocycles. The van der Waals surface area contributed by atoms with Gasteiger partial charge in [0.25, 0.3) is 11.5 Å². The highest BCUT2D eigenvalue weighted by Crippen LogP contribution is 2.41. The Bertz CT molecular complexity index is 2950. The summed E-state index contributed by atoms with van der Waals surface area (Å²) in [6.45, 7) is 4.30. The number of nitrogens with two attached hydrogens (primary N) is 2. The largest absolute Gasteiger partial charge is 0.480 e. The molecule has 20 heteroatoms. The second kappa shape index (κ2) is 20.6. The summed E-state index contributed by atoms with van der Waals surface area (Å²) in [5.41, 5.74) is 12.2. The van der Waals surface area contributed by atoms with Crippen LogP contribution in [0.5, 0.6) is 0 Å². The van der Waals surface area contributed by atoms with E-state index in [1.165, 1.54) is 12.1 Å². The Hall–Kier alpha value is -8.42. The van der Waals surface area contributed by atoms with E-state index < -0.39 is 103 Å². The molecule has 0 bridgehead atoms. The van der Waals surface area contributed by atoms with Crippen molar-refractivity contribution in [1.29, 1.82) is 0 Å². The van der Waals surface area contributed by atoms with Crippen LogP contribution in [0.3, 0.4) is 0 Å². The summed E-state index contributed by atoms with van der Waals surface area (Å²) >= 11 is 0. The fourth-order valence-corrected chi connectivity index (χ4v) is 8.34. The molecule has 0 aliphatic carbocycles. The predicted molar refractivity (Wildman–Crippen MR) is 250 cm³/mol. The van der Waals surface area contributed by atoms with Crippen molar-refractivity contribution in [3.05, 3.63) is 129 Å². The van der Waals surface area contributed by atoms with Gasteiger partial charge < -0.3 is 51.9 Å². The Morgan fingerprint density at radius 1 is 0.899 bits per heavy atom. The Morgan fingerprint density at radius 2 is 1.64 bits per heavy atom. The first-order valence-electron chi connectivity index (χ1n) is 22.2. The number of nitrogens with one attached hydrogen (secondary N) is 4. The molecule has 2 aliphatic heterocycles. The number of amides is 4. The van der Waals surface area contributed by atoms with Crippen LogP contribution in [0.1, 0.15) is 85.1 Å². The number of carboxylic acids is 1. The zero-order valence-electron chi connectivity index (χ0n) is 37.9. The molecule has 0 fully saturated rings. The minimum atomic E-state index is -2.05. The molecule has 69 heavy (non-hydrogen) atoms. The molecule has 0 radical (unpaired) electrons. The zero-order valence-corrected chi connectivity index (χ0v) is 37.9. The van der Waals surface area contributed by atoms with Crippen molar-refractivity contribution < 1.29 is 48.1 Å². The summed E-state index contributed by atoms with van der Waals surface area (Å²) in [7, 11) is 0. The van der Waals surface area contributed by atoms with Gasteiger partial charge in [0, 0.05) is 28.5 Å². The van der Waals surface area contributed by atoms with E-state index in [2.05, 4.69) is 26.3 Å². The van der Waals surface area contributed by atoms with Crippen molar-refractivity contribution in [2.24, 2.45) is 22.4 Å². The van der Waals surface area contributed by atoms with Crippen LogP contribution in [-0.2, 0) is 57.0 Å². The van der Waals surface area contributed by atoms with Gasteiger partial charge in [0.2, 0.25) is 23.3 Å². The lowest BCUT2D eigenvalue weighted by Gasteiger charge is -2.37. The van der Waals surface area contributed by atoms with E-state index in [0.29, 0.717) is 28.2 Å². The highest BCUT2D eigenvalue weighted by atomic mass is 16.6. The second-order valence-electron chi connectivity index (χ2n) is 17.0. The van der Waals surface area contributed by atoms with Crippen LogP contribution in [0.25, 0.3) is 22.3 Å². The van der Waals surface area contributed by atoms with Crippen molar-refractivity contribution in [3.8, 4) is 11.4 Å². The molecule has 9 N–H and O–H groups in total. The molecule has 4 amide bonds. The summed E-state index contributed by atoms with van der Waals surface area (Å²) in [6, 6.07) is 21.7. The summed E-state index contributed by atoms with van der Waals surface area (Å²) in [5, 5.41) is 21.2. The Balaban J connectivity index is 0.989. The molecular weight excluding hydrogens is 891 g/mol. The molecule has 4 atom stereocenters. The highest BCUT2D eigenvalue weighted by molar-refractivity contribution is 5.97. The smallest absolute Gasteiger partial charge is 0.355 e. The molecule has 0 spiro atoms. The maximum Gasteiger partial charge on any atom is 0.355 e. The number of hydrogen-bond acceptors (Lipinski definition) is 12. The van der Waals surface area contributed by atoms with E-state index >= 15 is 0 Å². The normalized spacial score (nSPS) is 15.8. The number of para-hydroxylation sites is 1. The van der Waals surface area contributed by atoms with Gasteiger partial charge in [-0.25, -0.2) is 24.4 Å². The first-order chi connectivity index (χ1) is 33.0. The lowest BCUT2D eigenvalue weighted by Crippen LogP contribution is -2.52. The summed E-state index contributed by atoms with van der Waals surface area (Å²) in [4.78, 5) is 116. The Labute approximate surface area is 394 Å². The molecule has 3 aromatic carbocycles. The summed E-state index contributed by atoms with van der Waals surface area (Å²) in [5.74, 6) is -6.92. The number of aromatic nitrogens is 2. The molecule has 2 aliphatic rings. The third kappa shape index (κ3) is 10.7. The minimum absolute atomic E-state index is 0.118. The molecule has 20 nitrogen and oxygen atoms in total. The van der Waals surface area contributed by atoms with Crippen molar-refractivity contribution in [1.82, 2.24) is 30.8 Å². The number of aliphatic imine (C=N–C) groups is 1. The number of carboxylic acid groups (broad SMARTS) is 1. The average molecular weight is 942 g/mol. The number of nitrogens with zero attached hydrogens (tertiary/aromatic N) is 3. The fraction of sp³-hybridized carbons (Fsp3) is 0.306. The van der Waals surface area contributed by atoms with Crippen molar-refractivity contribution in [2.75, 3.05) is 6.54 Å². The molecule has 1 unspecified atom stereocenters. The molecule has 4 heterocycles. The second-order valence-corrected chi connectivity index (χ2v) is 17.0. The van der Waals surface area contributed by atoms with Gasteiger partial charge in [0.15, 0.2) is 5.96 Å². The van der Waals surface area contributed by atoms with Crippen molar-refractivity contribution >= 4 is 64.1 Å². The number of cyclic esters (lactones) is 1. The standard InChI is InChI=1S/C49H51N9O11/c1-4-49(33-21-37-42-30(19-28-13-8-9-16-34(28)56-42)24-58(37)44(63)32(33)25-68-47(49)67)69-46(66)41(26(2)3)57-38(59)18-17-35(45(64)65)54-39(60)22-36(27-11-6-5-7-12-27)55-40(61)23-52-43(62)29-14-10-15-31(20-29)53-48(50)51/h5-16,19-21,26,35-36,41H,4,17-18,22-25H2,1-3H3,(H,52,62)(H,54,60)(H,55,61)(H,57,59)(H,64,65)(H4,50,51,53)/t35-,36?,41+,49-/m0/s1. The molecule has 0 saturated heterocycles. The monoisotopic (exact) mass is 941 g/mol. The predicted octanol–water partition coefficient (Wildman–Crippen LogP) is 2.70. The van der Waals surface area contributed by atoms with Crippen LogP contribution >= 0.6 is 0 Å². The Morgan fingerprint density at radius 3 is 2.35 bits per heavy atom. The van der Waals surface area contributed by atoms with Crippen LogP contribution in [0.4, 0.5) is 5.69 Å². The van der Waals surface area contributed by atoms with Gasteiger partial charge in [-0.15, -0.1) is 0 Å². The number of fused-ring (bicyclic) bond motifs is 5. The quantitative estimate of drug-likeness (QED) is 0.0371. The van der Waals surface area contributed by atoms with Gasteiger partial charge >= 0.3 is 17.9 Å². The molecular formula is C49H51N9O11. The molecule has 2 aromatic heterocycles. The SMILES string of the molecule is CC[C@@]1(OC(=O)[C@H](NC(=O)CC[C@H](NC(=O)CC(NC(=O)CNC(=O)c2cccc(N=C(N)N)c2)c2ccccc2)C(=O)O)C(C)C)C(=O)OCc2c1cc1n(c2=O)Cc2cc3ccccc3nc2-1. The maximum atomic E-state index is 14.1. The number of benzene rings is 3.